The van der Waals surface area contributed by atoms with Crippen LogP contribution in [-0.2, 0) is 6.42 Å². The van der Waals surface area contributed by atoms with E-state index in [1.165, 1.54) is 31.2 Å². The molecule has 1 aromatic rings. The molecule has 0 aromatic heterocycles. The Labute approximate surface area is 113 Å². The molecule has 0 radical (unpaired) electrons. The summed E-state index contributed by atoms with van der Waals surface area (Å²) in [5.41, 5.74) is 1.61. The fraction of sp³-hybridized carbons (Fsp3) is 0.600. The zero-order chi connectivity index (χ0) is 11.9. The summed E-state index contributed by atoms with van der Waals surface area (Å²) in [6.45, 7) is 0. The summed E-state index contributed by atoms with van der Waals surface area (Å²) in [6.07, 6.45) is 6.58. The molecule has 0 heterocycles. The molecular weight excluding hydrogens is 251 g/mol. The quantitative estimate of drug-likeness (QED) is 0.683. The lowest BCUT2D eigenvalue weighted by Gasteiger charge is -2.36. The van der Waals surface area contributed by atoms with E-state index in [1.54, 1.807) is 0 Å². The van der Waals surface area contributed by atoms with Crippen molar-refractivity contribution >= 4 is 23.2 Å². The van der Waals surface area contributed by atoms with Gasteiger partial charge in [-0.15, -0.1) is 11.6 Å². The predicted octanol–water partition coefficient (Wildman–Crippen LogP) is 4.93. The van der Waals surface area contributed by atoms with Crippen LogP contribution in [0.25, 0.3) is 0 Å². The molecule has 1 aromatic carbocycles. The van der Waals surface area contributed by atoms with Crippen LogP contribution in [0.2, 0.25) is 5.02 Å². The molecule has 0 saturated heterocycles. The number of halogens is 2. The van der Waals surface area contributed by atoms with Crippen LogP contribution in [0.5, 0.6) is 0 Å². The summed E-state index contributed by atoms with van der Waals surface area (Å²) >= 11 is 12.6. The van der Waals surface area contributed by atoms with Crippen molar-refractivity contribution in [2.24, 2.45) is 17.3 Å². The second kappa shape index (κ2) is 4.48. The van der Waals surface area contributed by atoms with Crippen LogP contribution < -0.4 is 0 Å². The van der Waals surface area contributed by atoms with E-state index in [9.17, 15) is 0 Å². The smallest absolute Gasteiger partial charge is 0.0438 e. The Kier molecular flexibility index (Phi) is 3.13. The summed E-state index contributed by atoms with van der Waals surface area (Å²) in [4.78, 5) is 0. The van der Waals surface area contributed by atoms with Crippen molar-refractivity contribution in [3.05, 3.63) is 34.9 Å². The van der Waals surface area contributed by atoms with Gasteiger partial charge >= 0.3 is 0 Å². The zero-order valence-electron chi connectivity index (χ0n) is 9.96. The maximum absolute atomic E-state index is 6.32. The van der Waals surface area contributed by atoms with Crippen molar-refractivity contribution in [1.82, 2.24) is 0 Å². The molecule has 0 aliphatic heterocycles. The van der Waals surface area contributed by atoms with E-state index in [4.69, 9.17) is 23.2 Å². The highest BCUT2D eigenvalue weighted by atomic mass is 35.5. The molecule has 2 bridgehead atoms. The summed E-state index contributed by atoms with van der Waals surface area (Å²) in [5, 5.41) is 0.903. The molecule has 17 heavy (non-hydrogen) atoms. The maximum atomic E-state index is 6.32. The molecule has 2 heteroatoms. The monoisotopic (exact) mass is 268 g/mol. The summed E-state index contributed by atoms with van der Waals surface area (Å²) < 4.78 is 0. The lowest BCUT2D eigenvalue weighted by molar-refractivity contribution is 0.193. The molecule has 2 aliphatic carbocycles. The Balaban J connectivity index is 1.86. The van der Waals surface area contributed by atoms with Gasteiger partial charge in [0.2, 0.25) is 0 Å². The molecule has 92 valence electrons. The average Bonchev–Trinajstić information content (AvgIpc) is 2.93. The van der Waals surface area contributed by atoms with E-state index in [2.05, 4.69) is 12.1 Å². The van der Waals surface area contributed by atoms with Gasteiger partial charge < -0.3 is 0 Å². The number of benzene rings is 1. The normalized spacial score (nSPS) is 35.4. The van der Waals surface area contributed by atoms with Gasteiger partial charge in [0, 0.05) is 10.9 Å². The highest BCUT2D eigenvalue weighted by Crippen LogP contribution is 2.58. The van der Waals surface area contributed by atoms with E-state index < -0.39 is 0 Å². The zero-order valence-corrected chi connectivity index (χ0v) is 11.5. The first-order chi connectivity index (χ1) is 8.23. The molecule has 0 nitrogen and oxygen atoms in total. The number of fused-ring (bicyclic) bond motifs is 2. The molecule has 3 atom stereocenters. The van der Waals surface area contributed by atoms with Crippen LogP contribution in [0, 0.1) is 17.3 Å². The first kappa shape index (κ1) is 11.9. The summed E-state index contributed by atoms with van der Waals surface area (Å²) in [7, 11) is 0. The fourth-order valence-corrected chi connectivity index (χ4v) is 4.63. The van der Waals surface area contributed by atoms with Gasteiger partial charge in [0.1, 0.15) is 0 Å². The largest absolute Gasteiger partial charge is 0.126 e. The minimum atomic E-state index is 0.329. The fourth-order valence-electron chi connectivity index (χ4n) is 4.01. The van der Waals surface area contributed by atoms with Gasteiger partial charge in [-0.1, -0.05) is 36.2 Å². The summed E-state index contributed by atoms with van der Waals surface area (Å²) in [6, 6.07) is 8.23. The average molecular weight is 269 g/mol. The highest BCUT2D eigenvalue weighted by molar-refractivity contribution is 6.31. The second-order valence-corrected chi connectivity index (χ2v) is 6.52. The molecule has 3 unspecified atom stereocenters. The molecule has 2 fully saturated rings. The molecule has 0 amide bonds. The van der Waals surface area contributed by atoms with Gasteiger partial charge in [-0.05, 0) is 54.6 Å². The van der Waals surface area contributed by atoms with Crippen molar-refractivity contribution in [2.75, 3.05) is 5.88 Å². The van der Waals surface area contributed by atoms with E-state index in [0.717, 1.165) is 29.2 Å². The minimum absolute atomic E-state index is 0.329. The molecule has 3 rings (SSSR count). The van der Waals surface area contributed by atoms with Crippen LogP contribution in [0.3, 0.4) is 0 Å². The topological polar surface area (TPSA) is 0 Å². The number of rotatable bonds is 3. The molecule has 0 spiro atoms. The van der Waals surface area contributed by atoms with Crippen LogP contribution >= 0.6 is 23.2 Å². The third-order valence-electron chi connectivity index (χ3n) is 4.87. The Morgan fingerprint density at radius 3 is 2.65 bits per heavy atom. The van der Waals surface area contributed by atoms with Gasteiger partial charge in [-0.2, -0.15) is 0 Å². The standard InChI is InChI=1S/C15H18Cl2/c16-10-15(8-11-5-6-13(15)7-11)9-12-3-1-2-4-14(12)17/h1-4,11,13H,5-10H2. The Hall–Kier alpha value is -0.200. The van der Waals surface area contributed by atoms with Gasteiger partial charge in [-0.25, -0.2) is 0 Å². The van der Waals surface area contributed by atoms with E-state index in [-0.39, 0.29) is 0 Å². The van der Waals surface area contributed by atoms with Crippen molar-refractivity contribution in [3.8, 4) is 0 Å². The summed E-state index contributed by atoms with van der Waals surface area (Å²) in [5.74, 6) is 2.56. The number of hydrogen-bond donors (Lipinski definition) is 0. The van der Waals surface area contributed by atoms with Crippen LogP contribution in [0.15, 0.2) is 24.3 Å². The van der Waals surface area contributed by atoms with E-state index >= 15 is 0 Å². The van der Waals surface area contributed by atoms with E-state index in [0.29, 0.717) is 5.41 Å². The van der Waals surface area contributed by atoms with Crippen LogP contribution in [0.4, 0.5) is 0 Å². The maximum Gasteiger partial charge on any atom is 0.0438 e. The second-order valence-electron chi connectivity index (χ2n) is 5.84. The molecule has 2 saturated carbocycles. The third-order valence-corrected chi connectivity index (χ3v) is 5.77. The predicted molar refractivity (Wildman–Crippen MR) is 73.8 cm³/mol. The van der Waals surface area contributed by atoms with Crippen molar-refractivity contribution in [1.29, 1.82) is 0 Å². The molecule has 2 aliphatic rings. The lowest BCUT2D eigenvalue weighted by atomic mass is 9.71. The first-order valence-corrected chi connectivity index (χ1v) is 7.44. The SMILES string of the molecule is ClCC1(Cc2ccccc2Cl)CC2CCC1C2. The minimum Gasteiger partial charge on any atom is -0.126 e. The Morgan fingerprint density at radius 1 is 1.24 bits per heavy atom. The van der Waals surface area contributed by atoms with Crippen molar-refractivity contribution in [3.63, 3.8) is 0 Å². The number of alkyl halides is 1. The highest BCUT2D eigenvalue weighted by Gasteiger charge is 2.50. The number of hydrogen-bond acceptors (Lipinski definition) is 0. The van der Waals surface area contributed by atoms with Gasteiger partial charge in [0.15, 0.2) is 0 Å². The van der Waals surface area contributed by atoms with Gasteiger partial charge in [-0.3, -0.25) is 0 Å². The third kappa shape index (κ3) is 2.00. The van der Waals surface area contributed by atoms with E-state index in [1.807, 2.05) is 12.1 Å². The first-order valence-electron chi connectivity index (χ1n) is 6.53. The van der Waals surface area contributed by atoms with Crippen molar-refractivity contribution in [2.45, 2.75) is 32.1 Å². The van der Waals surface area contributed by atoms with Crippen LogP contribution in [-0.4, -0.2) is 5.88 Å². The van der Waals surface area contributed by atoms with Crippen molar-refractivity contribution < 1.29 is 0 Å². The van der Waals surface area contributed by atoms with Gasteiger partial charge in [0.25, 0.3) is 0 Å². The van der Waals surface area contributed by atoms with Gasteiger partial charge in [0.05, 0.1) is 0 Å². The Morgan fingerprint density at radius 2 is 2.06 bits per heavy atom. The molecule has 0 N–H and O–H groups in total. The molecular formula is C15H18Cl2. The lowest BCUT2D eigenvalue weighted by Crippen LogP contribution is -2.32. The van der Waals surface area contributed by atoms with Crippen LogP contribution in [0.1, 0.15) is 31.2 Å². The Bertz CT molecular complexity index is 415.